The molecule has 2 fully saturated rings. The van der Waals surface area contributed by atoms with Gasteiger partial charge in [-0.15, -0.1) is 0 Å². The summed E-state index contributed by atoms with van der Waals surface area (Å²) in [6.45, 7) is 9.79. The maximum atomic E-state index is 11.7. The minimum Gasteiger partial charge on any atom is -0.444 e. The van der Waals surface area contributed by atoms with Gasteiger partial charge in [0.15, 0.2) is 0 Å². The predicted molar refractivity (Wildman–Crippen MR) is 70.2 cm³/mol. The number of hydrogen-bond donors (Lipinski definition) is 1. The lowest BCUT2D eigenvalue weighted by Gasteiger charge is -2.40. The minimum absolute atomic E-state index is 0.129. The lowest BCUT2D eigenvalue weighted by Crippen LogP contribution is -2.61. The van der Waals surface area contributed by atoms with Crippen LogP contribution in [0.3, 0.4) is 0 Å². The molecule has 0 spiro atoms. The fourth-order valence-corrected chi connectivity index (χ4v) is 2.04. The number of nitrogens with zero attached hydrogens (tertiary/aromatic N) is 1. The molecule has 2 aliphatic heterocycles. The molecule has 0 aromatic heterocycles. The van der Waals surface area contributed by atoms with Crippen molar-refractivity contribution >= 4 is 6.09 Å². The highest BCUT2D eigenvalue weighted by Crippen LogP contribution is 2.15. The Bertz CT molecular complexity index is 304. The van der Waals surface area contributed by atoms with E-state index < -0.39 is 5.60 Å². The molecule has 1 N–H and O–H groups in total. The lowest BCUT2D eigenvalue weighted by atomic mass is 10.1. The van der Waals surface area contributed by atoms with E-state index in [4.69, 9.17) is 14.2 Å². The van der Waals surface area contributed by atoms with Gasteiger partial charge in [0.25, 0.3) is 0 Å². The molecule has 2 heterocycles. The molecular formula is C13H24N2O4. The van der Waals surface area contributed by atoms with Gasteiger partial charge in [0.2, 0.25) is 0 Å². The van der Waals surface area contributed by atoms with Gasteiger partial charge in [0, 0.05) is 25.7 Å². The Morgan fingerprint density at radius 3 is 2.68 bits per heavy atom. The van der Waals surface area contributed by atoms with Crippen molar-refractivity contribution in [3.05, 3.63) is 0 Å². The number of likely N-dealkylation sites (tertiary alicyclic amines) is 1. The van der Waals surface area contributed by atoms with Crippen molar-refractivity contribution < 1.29 is 19.0 Å². The number of nitrogens with one attached hydrogen (secondary N) is 1. The van der Waals surface area contributed by atoms with Crippen molar-refractivity contribution in [1.82, 2.24) is 10.2 Å². The summed E-state index contributed by atoms with van der Waals surface area (Å²) in [5, 5.41) is 3.38. The molecule has 6 nitrogen and oxygen atoms in total. The van der Waals surface area contributed by atoms with Gasteiger partial charge in [-0.25, -0.2) is 4.79 Å². The van der Waals surface area contributed by atoms with E-state index in [-0.39, 0.29) is 12.2 Å². The second kappa shape index (κ2) is 6.07. The molecule has 110 valence electrons. The van der Waals surface area contributed by atoms with Gasteiger partial charge in [-0.05, 0) is 20.8 Å². The topological polar surface area (TPSA) is 60.0 Å². The quantitative estimate of drug-likeness (QED) is 0.816. The average Bonchev–Trinajstić information content (AvgIpc) is 2.25. The molecule has 19 heavy (non-hydrogen) atoms. The maximum Gasteiger partial charge on any atom is 0.410 e. The summed E-state index contributed by atoms with van der Waals surface area (Å²) in [4.78, 5) is 13.4. The first-order valence-corrected chi connectivity index (χ1v) is 6.85. The van der Waals surface area contributed by atoms with Gasteiger partial charge in [-0.1, -0.05) is 0 Å². The SMILES string of the molecule is CC(C)(C)OC(=O)N1CC(NCC2COCCO2)C1. The van der Waals surface area contributed by atoms with Crippen LogP contribution in [0.15, 0.2) is 0 Å². The summed E-state index contributed by atoms with van der Waals surface area (Å²) in [6.07, 6.45) is -0.105. The van der Waals surface area contributed by atoms with Crippen molar-refractivity contribution in [1.29, 1.82) is 0 Å². The van der Waals surface area contributed by atoms with Crippen LogP contribution < -0.4 is 5.32 Å². The number of carbonyl (C=O) groups excluding carboxylic acids is 1. The largest absolute Gasteiger partial charge is 0.444 e. The molecule has 0 aromatic rings. The third-order valence-electron chi connectivity index (χ3n) is 3.05. The number of ether oxygens (including phenoxy) is 3. The third kappa shape index (κ3) is 4.63. The molecule has 2 rings (SSSR count). The first-order valence-electron chi connectivity index (χ1n) is 6.85. The van der Waals surface area contributed by atoms with E-state index in [1.54, 1.807) is 4.90 Å². The second-order valence-electron chi connectivity index (χ2n) is 6.06. The normalized spacial score (nSPS) is 25.0. The Morgan fingerprint density at radius 2 is 2.11 bits per heavy atom. The van der Waals surface area contributed by atoms with E-state index >= 15 is 0 Å². The van der Waals surface area contributed by atoms with Crippen molar-refractivity contribution in [2.75, 3.05) is 39.5 Å². The van der Waals surface area contributed by atoms with E-state index in [0.717, 1.165) is 6.54 Å². The van der Waals surface area contributed by atoms with E-state index in [9.17, 15) is 4.79 Å². The first kappa shape index (κ1) is 14.6. The zero-order chi connectivity index (χ0) is 13.9. The van der Waals surface area contributed by atoms with E-state index in [1.807, 2.05) is 20.8 Å². The number of carbonyl (C=O) groups is 1. The maximum absolute atomic E-state index is 11.7. The first-order chi connectivity index (χ1) is 8.94. The summed E-state index contributed by atoms with van der Waals surface area (Å²) < 4.78 is 16.2. The highest BCUT2D eigenvalue weighted by molar-refractivity contribution is 5.69. The van der Waals surface area contributed by atoms with Crippen molar-refractivity contribution in [3.63, 3.8) is 0 Å². The number of amides is 1. The van der Waals surface area contributed by atoms with E-state index in [1.165, 1.54) is 0 Å². The molecule has 6 heteroatoms. The van der Waals surface area contributed by atoms with Crippen LogP contribution >= 0.6 is 0 Å². The highest BCUT2D eigenvalue weighted by Gasteiger charge is 2.33. The molecule has 2 saturated heterocycles. The number of hydrogen-bond acceptors (Lipinski definition) is 5. The molecule has 1 atom stereocenters. The van der Waals surface area contributed by atoms with Crippen LogP contribution in [0.2, 0.25) is 0 Å². The molecule has 0 aromatic carbocycles. The van der Waals surface area contributed by atoms with Crippen LogP contribution in [-0.2, 0) is 14.2 Å². The van der Waals surface area contributed by atoms with Crippen LogP contribution in [0.4, 0.5) is 4.79 Å². The lowest BCUT2D eigenvalue weighted by molar-refractivity contribution is -0.0885. The van der Waals surface area contributed by atoms with Crippen LogP contribution in [0.1, 0.15) is 20.8 Å². The van der Waals surface area contributed by atoms with Gasteiger partial charge >= 0.3 is 6.09 Å². The molecule has 0 saturated carbocycles. The van der Waals surface area contributed by atoms with Crippen LogP contribution in [0.25, 0.3) is 0 Å². The van der Waals surface area contributed by atoms with Crippen molar-refractivity contribution in [2.45, 2.75) is 38.5 Å². The van der Waals surface area contributed by atoms with Gasteiger partial charge in [-0.2, -0.15) is 0 Å². The van der Waals surface area contributed by atoms with Crippen molar-refractivity contribution in [3.8, 4) is 0 Å². The van der Waals surface area contributed by atoms with Gasteiger partial charge < -0.3 is 24.4 Å². The molecular weight excluding hydrogens is 248 g/mol. The minimum atomic E-state index is -0.428. The molecule has 1 unspecified atom stereocenters. The fraction of sp³-hybridized carbons (Fsp3) is 0.923. The summed E-state index contributed by atoms with van der Waals surface area (Å²) in [5.41, 5.74) is -0.428. The van der Waals surface area contributed by atoms with Crippen LogP contribution in [0, 0.1) is 0 Å². The Kier molecular flexibility index (Phi) is 4.65. The Morgan fingerprint density at radius 1 is 1.37 bits per heavy atom. The smallest absolute Gasteiger partial charge is 0.410 e. The van der Waals surface area contributed by atoms with E-state index in [2.05, 4.69) is 5.32 Å². The van der Waals surface area contributed by atoms with Crippen LogP contribution in [0.5, 0.6) is 0 Å². The Balaban J connectivity index is 1.59. The Labute approximate surface area is 114 Å². The van der Waals surface area contributed by atoms with E-state index in [0.29, 0.717) is 39.0 Å². The molecule has 0 aliphatic carbocycles. The second-order valence-corrected chi connectivity index (χ2v) is 6.06. The number of rotatable bonds is 3. The fourth-order valence-electron chi connectivity index (χ4n) is 2.04. The third-order valence-corrected chi connectivity index (χ3v) is 3.05. The van der Waals surface area contributed by atoms with Crippen molar-refractivity contribution in [2.24, 2.45) is 0 Å². The standard InChI is InChI=1S/C13H24N2O4/c1-13(2,3)19-12(16)15-7-10(8-15)14-6-11-9-17-4-5-18-11/h10-11,14H,4-9H2,1-3H3. The van der Waals surface area contributed by atoms with Gasteiger partial charge in [0.1, 0.15) is 5.60 Å². The summed E-state index contributed by atoms with van der Waals surface area (Å²) in [6, 6.07) is 0.332. The zero-order valence-electron chi connectivity index (χ0n) is 12.0. The molecule has 1 amide bonds. The molecule has 2 aliphatic rings. The Hall–Kier alpha value is -0.850. The monoisotopic (exact) mass is 272 g/mol. The van der Waals surface area contributed by atoms with Gasteiger partial charge in [0.05, 0.1) is 25.9 Å². The average molecular weight is 272 g/mol. The zero-order valence-corrected chi connectivity index (χ0v) is 12.0. The summed E-state index contributed by atoms with van der Waals surface area (Å²) in [7, 11) is 0. The van der Waals surface area contributed by atoms with Gasteiger partial charge in [-0.3, -0.25) is 0 Å². The summed E-state index contributed by atoms with van der Waals surface area (Å²) >= 11 is 0. The van der Waals surface area contributed by atoms with Crippen LogP contribution in [-0.4, -0.2) is 68.2 Å². The molecule has 0 radical (unpaired) electrons. The summed E-state index contributed by atoms with van der Waals surface area (Å²) in [5.74, 6) is 0. The predicted octanol–water partition coefficient (Wildman–Crippen LogP) is 0.611. The highest BCUT2D eigenvalue weighted by atomic mass is 16.6. The molecule has 0 bridgehead atoms.